The SMILES string of the molecule is CN1CCN(c2cc(I)cnn2)CC1. The lowest BCUT2D eigenvalue weighted by atomic mass is 10.3. The van der Waals surface area contributed by atoms with Gasteiger partial charge in [0.1, 0.15) is 0 Å². The number of halogens is 1. The number of likely N-dealkylation sites (N-methyl/N-ethyl adjacent to an activating group) is 1. The Bertz CT molecular complexity index is 309. The summed E-state index contributed by atoms with van der Waals surface area (Å²) in [6.45, 7) is 4.30. The van der Waals surface area contributed by atoms with E-state index in [2.05, 4.69) is 55.7 Å². The molecule has 1 fully saturated rings. The summed E-state index contributed by atoms with van der Waals surface area (Å²) >= 11 is 2.27. The molecule has 0 bridgehead atoms. The van der Waals surface area contributed by atoms with Crippen molar-refractivity contribution in [3.8, 4) is 0 Å². The van der Waals surface area contributed by atoms with Crippen LogP contribution in [-0.4, -0.2) is 48.3 Å². The summed E-state index contributed by atoms with van der Waals surface area (Å²) in [4.78, 5) is 4.62. The lowest BCUT2D eigenvalue weighted by molar-refractivity contribution is 0.311. The Labute approximate surface area is 97.4 Å². The van der Waals surface area contributed by atoms with Gasteiger partial charge >= 0.3 is 0 Å². The normalized spacial score (nSPS) is 18.6. The van der Waals surface area contributed by atoms with E-state index >= 15 is 0 Å². The lowest BCUT2D eigenvalue weighted by Crippen LogP contribution is -2.44. The van der Waals surface area contributed by atoms with Crippen LogP contribution in [0.25, 0.3) is 0 Å². The third-order valence-corrected chi connectivity index (χ3v) is 3.03. The number of anilines is 1. The van der Waals surface area contributed by atoms with Crippen LogP contribution in [0.4, 0.5) is 5.82 Å². The number of aromatic nitrogens is 2. The fraction of sp³-hybridized carbons (Fsp3) is 0.556. The molecule has 1 aliphatic rings. The van der Waals surface area contributed by atoms with Gasteiger partial charge in [-0.05, 0) is 35.7 Å². The minimum Gasteiger partial charge on any atom is -0.353 e. The minimum atomic E-state index is 1.00. The summed E-state index contributed by atoms with van der Waals surface area (Å²) in [6, 6.07) is 2.08. The molecule has 76 valence electrons. The Hall–Kier alpha value is -0.430. The van der Waals surface area contributed by atoms with Crippen LogP contribution in [0.15, 0.2) is 12.3 Å². The Morgan fingerprint density at radius 3 is 2.64 bits per heavy atom. The molecule has 0 aliphatic carbocycles. The molecule has 1 aromatic rings. The first-order valence-electron chi connectivity index (χ1n) is 4.67. The fourth-order valence-electron chi connectivity index (χ4n) is 1.52. The quantitative estimate of drug-likeness (QED) is 0.720. The topological polar surface area (TPSA) is 32.3 Å². The third kappa shape index (κ3) is 2.33. The molecule has 2 rings (SSSR count). The van der Waals surface area contributed by atoms with Crippen LogP contribution in [0, 0.1) is 3.57 Å². The Morgan fingerprint density at radius 2 is 2.00 bits per heavy atom. The molecule has 0 spiro atoms. The minimum absolute atomic E-state index is 1.00. The first-order valence-corrected chi connectivity index (χ1v) is 5.75. The molecule has 0 saturated carbocycles. The molecule has 0 amide bonds. The molecule has 0 radical (unpaired) electrons. The highest BCUT2D eigenvalue weighted by Gasteiger charge is 2.15. The largest absolute Gasteiger partial charge is 0.353 e. The van der Waals surface area contributed by atoms with E-state index in [1.54, 1.807) is 6.20 Å². The van der Waals surface area contributed by atoms with Crippen molar-refractivity contribution < 1.29 is 0 Å². The van der Waals surface area contributed by atoms with Gasteiger partial charge in [-0.1, -0.05) is 0 Å². The zero-order valence-corrected chi connectivity index (χ0v) is 10.3. The molecular weight excluding hydrogens is 291 g/mol. The number of rotatable bonds is 1. The maximum atomic E-state index is 4.14. The molecule has 1 saturated heterocycles. The van der Waals surface area contributed by atoms with Crippen LogP contribution < -0.4 is 4.90 Å². The van der Waals surface area contributed by atoms with Crippen molar-refractivity contribution >= 4 is 28.4 Å². The predicted molar refractivity (Wildman–Crippen MR) is 64.5 cm³/mol. The molecular formula is C9H13IN4. The molecule has 1 aromatic heterocycles. The highest BCUT2D eigenvalue weighted by atomic mass is 127. The second-order valence-corrected chi connectivity index (χ2v) is 4.77. The van der Waals surface area contributed by atoms with E-state index < -0.39 is 0 Å². The average molecular weight is 304 g/mol. The summed E-state index contributed by atoms with van der Waals surface area (Å²) in [5.41, 5.74) is 0. The zero-order valence-electron chi connectivity index (χ0n) is 8.15. The van der Waals surface area contributed by atoms with Gasteiger partial charge in [0, 0.05) is 29.7 Å². The summed E-state index contributed by atoms with van der Waals surface area (Å²) in [7, 11) is 2.15. The second kappa shape index (κ2) is 4.39. The number of hydrogen-bond donors (Lipinski definition) is 0. The summed E-state index contributed by atoms with van der Waals surface area (Å²) in [6.07, 6.45) is 1.78. The van der Waals surface area contributed by atoms with Crippen LogP contribution in [0.1, 0.15) is 0 Å². The molecule has 0 unspecified atom stereocenters. The lowest BCUT2D eigenvalue weighted by Gasteiger charge is -2.32. The first-order chi connectivity index (χ1) is 6.75. The van der Waals surface area contributed by atoms with Gasteiger partial charge in [-0.2, -0.15) is 5.10 Å². The van der Waals surface area contributed by atoms with Gasteiger partial charge in [-0.15, -0.1) is 5.10 Å². The van der Waals surface area contributed by atoms with Crippen LogP contribution in [0.3, 0.4) is 0 Å². The molecule has 2 heterocycles. The Balaban J connectivity index is 2.08. The average Bonchev–Trinajstić information content (AvgIpc) is 2.19. The fourth-order valence-corrected chi connectivity index (χ4v) is 1.93. The Kier molecular flexibility index (Phi) is 3.17. The van der Waals surface area contributed by atoms with Crippen molar-refractivity contribution in [1.82, 2.24) is 15.1 Å². The monoisotopic (exact) mass is 304 g/mol. The molecule has 14 heavy (non-hydrogen) atoms. The standard InChI is InChI=1S/C9H13IN4/c1-13-2-4-14(5-3-13)9-6-8(10)7-11-12-9/h6-7H,2-5H2,1H3. The number of piperazine rings is 1. The van der Waals surface area contributed by atoms with Gasteiger partial charge in [0.05, 0.1) is 6.20 Å². The van der Waals surface area contributed by atoms with E-state index in [4.69, 9.17) is 0 Å². The maximum absolute atomic E-state index is 4.14. The highest BCUT2D eigenvalue weighted by Crippen LogP contribution is 2.14. The van der Waals surface area contributed by atoms with Crippen molar-refractivity contribution in [3.63, 3.8) is 0 Å². The molecule has 5 heteroatoms. The molecule has 1 aliphatic heterocycles. The van der Waals surface area contributed by atoms with Gasteiger partial charge in [0.2, 0.25) is 0 Å². The highest BCUT2D eigenvalue weighted by molar-refractivity contribution is 14.1. The van der Waals surface area contributed by atoms with E-state index in [0.717, 1.165) is 35.6 Å². The van der Waals surface area contributed by atoms with Crippen molar-refractivity contribution in [2.75, 3.05) is 38.1 Å². The third-order valence-electron chi connectivity index (χ3n) is 2.44. The van der Waals surface area contributed by atoms with Gasteiger partial charge in [0.25, 0.3) is 0 Å². The van der Waals surface area contributed by atoms with Crippen molar-refractivity contribution in [3.05, 3.63) is 15.8 Å². The Morgan fingerprint density at radius 1 is 1.29 bits per heavy atom. The van der Waals surface area contributed by atoms with Gasteiger partial charge in [-0.3, -0.25) is 0 Å². The van der Waals surface area contributed by atoms with Crippen LogP contribution in [-0.2, 0) is 0 Å². The van der Waals surface area contributed by atoms with E-state index in [1.165, 1.54) is 0 Å². The number of nitrogens with zero attached hydrogens (tertiary/aromatic N) is 4. The zero-order chi connectivity index (χ0) is 9.97. The summed E-state index contributed by atoms with van der Waals surface area (Å²) in [5, 5.41) is 8.11. The van der Waals surface area contributed by atoms with E-state index in [1.807, 2.05) is 0 Å². The molecule has 0 N–H and O–H groups in total. The predicted octanol–water partition coefficient (Wildman–Crippen LogP) is 0.833. The smallest absolute Gasteiger partial charge is 0.152 e. The first kappa shape index (κ1) is 10.1. The van der Waals surface area contributed by atoms with Crippen molar-refractivity contribution in [2.24, 2.45) is 0 Å². The van der Waals surface area contributed by atoms with Crippen LogP contribution in [0.2, 0.25) is 0 Å². The second-order valence-electron chi connectivity index (χ2n) is 3.52. The van der Waals surface area contributed by atoms with E-state index in [9.17, 15) is 0 Å². The van der Waals surface area contributed by atoms with Gasteiger partial charge < -0.3 is 9.80 Å². The number of hydrogen-bond acceptors (Lipinski definition) is 4. The van der Waals surface area contributed by atoms with Gasteiger partial charge in [0.15, 0.2) is 5.82 Å². The molecule has 4 nitrogen and oxygen atoms in total. The molecule has 0 atom stereocenters. The van der Waals surface area contributed by atoms with E-state index in [0.29, 0.717) is 0 Å². The maximum Gasteiger partial charge on any atom is 0.152 e. The van der Waals surface area contributed by atoms with E-state index in [-0.39, 0.29) is 0 Å². The van der Waals surface area contributed by atoms with Crippen molar-refractivity contribution in [2.45, 2.75) is 0 Å². The summed E-state index contributed by atoms with van der Waals surface area (Å²) < 4.78 is 1.14. The van der Waals surface area contributed by atoms with Crippen molar-refractivity contribution in [1.29, 1.82) is 0 Å². The van der Waals surface area contributed by atoms with Crippen LogP contribution in [0.5, 0.6) is 0 Å². The van der Waals surface area contributed by atoms with Gasteiger partial charge in [-0.25, -0.2) is 0 Å². The molecule has 0 aromatic carbocycles. The summed E-state index contributed by atoms with van der Waals surface area (Å²) in [5.74, 6) is 1.00. The van der Waals surface area contributed by atoms with Crippen LogP contribution >= 0.6 is 22.6 Å².